The summed E-state index contributed by atoms with van der Waals surface area (Å²) in [5.74, 6) is 0.0604. The van der Waals surface area contributed by atoms with Crippen molar-refractivity contribution in [2.24, 2.45) is 0 Å². The Morgan fingerprint density at radius 2 is 1.65 bits per heavy atom. The molecular formula is C28H27NO4S. The van der Waals surface area contributed by atoms with E-state index in [1.807, 2.05) is 0 Å². The molecule has 0 amide bonds. The molecule has 1 saturated heterocycles. The number of piperidine rings is 1. The van der Waals surface area contributed by atoms with Crippen LogP contribution in [-0.2, 0) is 0 Å². The Kier molecular flexibility index (Phi) is 5.24. The lowest BCUT2D eigenvalue weighted by molar-refractivity contribution is 0.104. The Bertz CT molecular complexity index is 1460. The number of hydrogen-bond donors (Lipinski definition) is 2. The molecule has 0 atom stereocenters. The van der Waals surface area contributed by atoms with Gasteiger partial charge in [0, 0.05) is 35.3 Å². The number of thiophene rings is 1. The van der Waals surface area contributed by atoms with Crippen molar-refractivity contribution in [3.8, 4) is 27.7 Å². The number of phenolic OH excluding ortho intramolecular Hbond substituents is 2. The van der Waals surface area contributed by atoms with E-state index in [-0.39, 0.29) is 23.0 Å². The van der Waals surface area contributed by atoms with Crippen molar-refractivity contribution < 1.29 is 25.2 Å². The van der Waals surface area contributed by atoms with Gasteiger partial charge in [0.1, 0.15) is 23.8 Å². The first kappa shape index (κ1) is 18.0. The molecule has 174 valence electrons. The number of phenols is 2. The van der Waals surface area contributed by atoms with E-state index in [4.69, 9.17) is 10.2 Å². The monoisotopic (exact) mass is 477 g/mol. The van der Waals surface area contributed by atoms with Crippen LogP contribution in [0.25, 0.3) is 20.5 Å². The lowest BCUT2D eigenvalue weighted by Gasteiger charge is -2.26. The van der Waals surface area contributed by atoms with E-state index in [0.717, 1.165) is 29.5 Å². The minimum atomic E-state index is -2.60. The fraction of sp³-hybridized carbons (Fsp3) is 0.250. The molecule has 1 aliphatic rings. The van der Waals surface area contributed by atoms with Crippen molar-refractivity contribution in [3.63, 3.8) is 0 Å². The summed E-state index contributed by atoms with van der Waals surface area (Å²) < 4.78 is 39.7. The SMILES string of the molecule is [2H]C([2H])(Oc1ccc(C(=O)c2c(-c3ccc(O)cc3)sc3cc(O)ccc23)cc1)C([2H])([2H])N1CCCCC1. The molecule has 0 aliphatic carbocycles. The van der Waals surface area contributed by atoms with Crippen molar-refractivity contribution in [3.05, 3.63) is 77.9 Å². The van der Waals surface area contributed by atoms with E-state index in [1.165, 1.54) is 46.6 Å². The maximum atomic E-state index is 13.7. The molecule has 2 heterocycles. The lowest BCUT2D eigenvalue weighted by Crippen LogP contribution is -2.33. The van der Waals surface area contributed by atoms with Gasteiger partial charge in [-0.15, -0.1) is 11.3 Å². The van der Waals surface area contributed by atoms with Gasteiger partial charge in [-0.2, -0.15) is 0 Å². The number of ketones is 1. The minimum Gasteiger partial charge on any atom is -0.508 e. The van der Waals surface area contributed by atoms with Crippen molar-refractivity contribution in [1.29, 1.82) is 0 Å². The first-order chi connectivity index (χ1) is 18.1. The predicted octanol–water partition coefficient (Wildman–Crippen LogP) is 6.08. The van der Waals surface area contributed by atoms with Crippen molar-refractivity contribution in [2.45, 2.75) is 19.3 Å². The van der Waals surface area contributed by atoms with Crippen LogP contribution in [0.3, 0.4) is 0 Å². The van der Waals surface area contributed by atoms with E-state index >= 15 is 0 Å². The van der Waals surface area contributed by atoms with Gasteiger partial charge in [0.25, 0.3) is 0 Å². The number of carbonyl (C=O) groups is 1. The third-order valence-electron chi connectivity index (χ3n) is 5.88. The molecule has 0 unspecified atom stereocenters. The van der Waals surface area contributed by atoms with Gasteiger partial charge in [-0.05, 0) is 98.2 Å². The maximum absolute atomic E-state index is 13.7. The summed E-state index contributed by atoms with van der Waals surface area (Å²) in [6.07, 6.45) is 2.63. The number of likely N-dealkylation sites (tertiary alicyclic amines) is 1. The van der Waals surface area contributed by atoms with Crippen molar-refractivity contribution >= 4 is 27.2 Å². The summed E-state index contributed by atoms with van der Waals surface area (Å²) in [4.78, 5) is 15.9. The number of ether oxygens (including phenoxy) is 1. The zero-order valence-electron chi connectivity index (χ0n) is 22.5. The molecule has 34 heavy (non-hydrogen) atoms. The first-order valence-corrected chi connectivity index (χ1v) is 12.0. The molecule has 1 aromatic heterocycles. The highest BCUT2D eigenvalue weighted by Gasteiger charge is 2.22. The van der Waals surface area contributed by atoms with Gasteiger partial charge in [-0.1, -0.05) is 6.42 Å². The standard InChI is InChI=1S/C28H27NO4S/c30-21-8-4-20(5-9-21)28-26(24-13-10-22(31)18-25(24)34-28)27(32)19-6-11-23(12-7-19)33-17-16-29-14-2-1-3-15-29/h4-13,18,30-31H,1-3,14-17H2/i16D2,17D2. The quantitative estimate of drug-likeness (QED) is 0.316. The number of aromatic hydroxyl groups is 2. The summed E-state index contributed by atoms with van der Waals surface area (Å²) in [7, 11) is 0. The van der Waals surface area contributed by atoms with E-state index in [9.17, 15) is 15.0 Å². The van der Waals surface area contributed by atoms with Gasteiger partial charge < -0.3 is 14.9 Å². The minimum absolute atomic E-state index is 0.0928. The van der Waals surface area contributed by atoms with Gasteiger partial charge in [0.15, 0.2) is 5.78 Å². The number of fused-ring (bicyclic) bond motifs is 1. The Morgan fingerprint density at radius 3 is 2.38 bits per heavy atom. The number of nitrogens with zero attached hydrogens (tertiary/aromatic N) is 1. The number of rotatable bonds is 7. The largest absolute Gasteiger partial charge is 0.508 e. The highest BCUT2D eigenvalue weighted by molar-refractivity contribution is 7.22. The van der Waals surface area contributed by atoms with Crippen LogP contribution in [-0.4, -0.2) is 47.0 Å². The molecule has 5 rings (SSSR count). The van der Waals surface area contributed by atoms with Crippen LogP contribution < -0.4 is 4.74 Å². The molecule has 1 fully saturated rings. The van der Waals surface area contributed by atoms with Gasteiger partial charge in [-0.3, -0.25) is 9.69 Å². The second kappa shape index (κ2) is 9.87. The van der Waals surface area contributed by atoms with Gasteiger partial charge in [0.05, 0.1) is 2.74 Å². The molecule has 4 aromatic rings. The number of carbonyl (C=O) groups excluding carboxylic acids is 1. The lowest BCUT2D eigenvalue weighted by atomic mass is 9.97. The predicted molar refractivity (Wildman–Crippen MR) is 136 cm³/mol. The zero-order valence-corrected chi connectivity index (χ0v) is 19.3. The second-order valence-electron chi connectivity index (χ2n) is 8.25. The third-order valence-corrected chi connectivity index (χ3v) is 7.08. The van der Waals surface area contributed by atoms with Crippen LogP contribution in [0.5, 0.6) is 17.2 Å². The molecule has 6 heteroatoms. The van der Waals surface area contributed by atoms with Gasteiger partial charge in [-0.25, -0.2) is 0 Å². The maximum Gasteiger partial charge on any atom is 0.195 e. The van der Waals surface area contributed by atoms with Gasteiger partial charge >= 0.3 is 0 Å². The third kappa shape index (κ3) is 4.79. The summed E-state index contributed by atoms with van der Waals surface area (Å²) in [6, 6.07) is 17.4. The van der Waals surface area contributed by atoms with Gasteiger partial charge in [0.2, 0.25) is 0 Å². The van der Waals surface area contributed by atoms with Crippen molar-refractivity contribution in [1.82, 2.24) is 4.90 Å². The van der Waals surface area contributed by atoms with E-state index < -0.39 is 13.1 Å². The molecule has 5 nitrogen and oxygen atoms in total. The smallest absolute Gasteiger partial charge is 0.195 e. The van der Waals surface area contributed by atoms with Crippen LogP contribution >= 0.6 is 11.3 Å². The average Bonchev–Trinajstić information content (AvgIpc) is 3.27. The summed E-state index contributed by atoms with van der Waals surface area (Å²) in [5.41, 5.74) is 1.56. The summed E-state index contributed by atoms with van der Waals surface area (Å²) in [6.45, 7) is -3.98. The van der Waals surface area contributed by atoms with E-state index in [0.29, 0.717) is 34.5 Å². The molecule has 3 aromatic carbocycles. The highest BCUT2D eigenvalue weighted by Crippen LogP contribution is 2.41. The Labute approximate surface area is 208 Å². The molecule has 0 radical (unpaired) electrons. The first-order valence-electron chi connectivity index (χ1n) is 13.2. The van der Waals surface area contributed by atoms with Crippen LogP contribution in [0, 0.1) is 0 Å². The Hall–Kier alpha value is -3.35. The molecule has 1 aliphatic heterocycles. The topological polar surface area (TPSA) is 70.0 Å². The number of benzene rings is 3. The van der Waals surface area contributed by atoms with E-state index in [1.54, 1.807) is 36.4 Å². The molecule has 0 bridgehead atoms. The molecule has 0 spiro atoms. The van der Waals surface area contributed by atoms with Crippen LogP contribution in [0.15, 0.2) is 66.7 Å². The van der Waals surface area contributed by atoms with E-state index in [2.05, 4.69) is 0 Å². The van der Waals surface area contributed by atoms with Crippen LogP contribution in [0.2, 0.25) is 0 Å². The summed E-state index contributed by atoms with van der Waals surface area (Å²) in [5, 5.41) is 20.4. The Morgan fingerprint density at radius 1 is 0.941 bits per heavy atom. The molecule has 2 N–H and O–H groups in total. The van der Waals surface area contributed by atoms with Crippen molar-refractivity contribution in [2.75, 3.05) is 26.1 Å². The number of hydrogen-bond acceptors (Lipinski definition) is 6. The normalized spacial score (nSPS) is 16.9. The molecular weight excluding hydrogens is 446 g/mol. The zero-order chi connectivity index (χ0) is 27.1. The van der Waals surface area contributed by atoms with Crippen LogP contribution in [0.1, 0.15) is 40.7 Å². The fourth-order valence-electron chi connectivity index (χ4n) is 4.10. The fourth-order valence-corrected chi connectivity index (χ4v) is 5.34. The highest BCUT2D eigenvalue weighted by atomic mass is 32.1. The average molecular weight is 478 g/mol. The second-order valence-corrected chi connectivity index (χ2v) is 9.30. The molecule has 0 saturated carbocycles. The Balaban J connectivity index is 1.45. The summed E-state index contributed by atoms with van der Waals surface area (Å²) >= 11 is 1.36. The van der Waals surface area contributed by atoms with Crippen LogP contribution in [0.4, 0.5) is 0 Å².